The average molecular weight is 296 g/mol. The molecule has 0 aromatic heterocycles. The van der Waals surface area contributed by atoms with Crippen molar-refractivity contribution in [2.45, 2.75) is 91.4 Å². The molecule has 0 fully saturated rings. The minimum atomic E-state index is -0.209. The van der Waals surface area contributed by atoms with Crippen molar-refractivity contribution in [1.29, 1.82) is 0 Å². The van der Waals surface area contributed by atoms with E-state index in [2.05, 4.69) is 27.4 Å². The van der Waals surface area contributed by atoms with E-state index in [9.17, 15) is 4.79 Å². The molecule has 0 heterocycles. The molecule has 0 radical (unpaired) electrons. The third-order valence-electron chi connectivity index (χ3n) is 3.67. The van der Waals surface area contributed by atoms with E-state index in [-0.39, 0.29) is 5.97 Å². The Labute approximate surface area is 132 Å². The predicted molar refractivity (Wildman–Crippen MR) is 91.4 cm³/mol. The first-order valence-electron chi connectivity index (χ1n) is 8.92. The third kappa shape index (κ3) is 13.9. The third-order valence-corrected chi connectivity index (χ3v) is 3.67. The van der Waals surface area contributed by atoms with Crippen LogP contribution in [-0.4, -0.2) is 12.6 Å². The second kappa shape index (κ2) is 14.2. The van der Waals surface area contributed by atoms with Gasteiger partial charge < -0.3 is 4.74 Å². The molecule has 2 heteroatoms. The van der Waals surface area contributed by atoms with Crippen LogP contribution in [-0.2, 0) is 9.53 Å². The largest absolute Gasteiger partial charge is 0.462 e. The Bertz CT molecular complexity index is 269. The maximum atomic E-state index is 11.6. The van der Waals surface area contributed by atoms with Crippen molar-refractivity contribution in [2.75, 3.05) is 6.61 Å². The Hall–Kier alpha value is -0.790. The van der Waals surface area contributed by atoms with Gasteiger partial charge in [0.05, 0.1) is 6.61 Å². The standard InChI is InChI=1S/C19H36O2/c1-5-6-7-8-9-10-11-12-13-14-15-21-19(20)18(4)16-17(2)3/h17H,4-16H2,1-3H3. The van der Waals surface area contributed by atoms with Gasteiger partial charge in [0.15, 0.2) is 0 Å². The Morgan fingerprint density at radius 3 is 1.86 bits per heavy atom. The van der Waals surface area contributed by atoms with Gasteiger partial charge in [0.1, 0.15) is 0 Å². The molecule has 0 N–H and O–H groups in total. The molecule has 0 atom stereocenters. The first-order chi connectivity index (χ1) is 10.1. The van der Waals surface area contributed by atoms with Crippen molar-refractivity contribution >= 4 is 5.97 Å². The molecule has 2 nitrogen and oxygen atoms in total. The molecule has 0 saturated heterocycles. The fraction of sp³-hybridized carbons (Fsp3) is 0.842. The molecule has 0 saturated carbocycles. The van der Waals surface area contributed by atoms with Crippen LogP contribution in [0.25, 0.3) is 0 Å². The molecule has 0 amide bonds. The second-order valence-electron chi connectivity index (χ2n) is 6.52. The van der Waals surface area contributed by atoms with E-state index in [4.69, 9.17) is 4.74 Å². The van der Waals surface area contributed by atoms with Crippen LogP contribution in [0.3, 0.4) is 0 Å². The molecule has 0 aromatic carbocycles. The molecule has 0 aliphatic rings. The number of ether oxygens (including phenoxy) is 1. The summed E-state index contributed by atoms with van der Waals surface area (Å²) in [4.78, 5) is 11.6. The van der Waals surface area contributed by atoms with Crippen LogP contribution in [0.15, 0.2) is 12.2 Å². The fourth-order valence-corrected chi connectivity index (χ4v) is 2.43. The summed E-state index contributed by atoms with van der Waals surface area (Å²) < 4.78 is 5.24. The number of esters is 1. The van der Waals surface area contributed by atoms with Crippen molar-refractivity contribution in [3.63, 3.8) is 0 Å². The SMILES string of the molecule is C=C(CC(C)C)C(=O)OCCCCCCCCCCCC. The maximum Gasteiger partial charge on any atom is 0.333 e. The zero-order valence-electron chi connectivity index (χ0n) is 14.6. The first-order valence-corrected chi connectivity index (χ1v) is 8.92. The van der Waals surface area contributed by atoms with Crippen molar-refractivity contribution in [1.82, 2.24) is 0 Å². The van der Waals surface area contributed by atoms with Gasteiger partial charge >= 0.3 is 5.97 Å². The number of rotatable bonds is 14. The van der Waals surface area contributed by atoms with Crippen molar-refractivity contribution in [3.05, 3.63) is 12.2 Å². The summed E-state index contributed by atoms with van der Waals surface area (Å²) in [5, 5.41) is 0. The van der Waals surface area contributed by atoms with Crippen LogP contribution >= 0.6 is 0 Å². The highest BCUT2D eigenvalue weighted by Gasteiger charge is 2.09. The molecule has 0 unspecified atom stereocenters. The van der Waals surface area contributed by atoms with Crippen LogP contribution in [0, 0.1) is 5.92 Å². The highest BCUT2D eigenvalue weighted by Crippen LogP contribution is 2.12. The van der Waals surface area contributed by atoms with E-state index in [0.29, 0.717) is 18.1 Å². The van der Waals surface area contributed by atoms with Gasteiger partial charge in [-0.1, -0.05) is 85.1 Å². The number of hydrogen-bond acceptors (Lipinski definition) is 2. The van der Waals surface area contributed by atoms with E-state index in [1.54, 1.807) is 0 Å². The molecule has 0 aliphatic heterocycles. The van der Waals surface area contributed by atoms with Crippen molar-refractivity contribution in [3.8, 4) is 0 Å². The van der Waals surface area contributed by atoms with Crippen molar-refractivity contribution in [2.24, 2.45) is 5.92 Å². The average Bonchev–Trinajstić information content (AvgIpc) is 2.43. The monoisotopic (exact) mass is 296 g/mol. The number of carbonyl (C=O) groups is 1. The second-order valence-corrected chi connectivity index (χ2v) is 6.52. The molecule has 0 aliphatic carbocycles. The summed E-state index contributed by atoms with van der Waals surface area (Å²) >= 11 is 0. The maximum absolute atomic E-state index is 11.6. The lowest BCUT2D eigenvalue weighted by atomic mass is 10.0. The van der Waals surface area contributed by atoms with Gasteiger partial charge in [0, 0.05) is 5.57 Å². The van der Waals surface area contributed by atoms with E-state index < -0.39 is 0 Å². The smallest absolute Gasteiger partial charge is 0.333 e. The Balaban J connectivity index is 3.28. The quantitative estimate of drug-likeness (QED) is 0.221. The highest BCUT2D eigenvalue weighted by molar-refractivity contribution is 5.87. The molecule has 0 spiro atoms. The summed E-state index contributed by atoms with van der Waals surface area (Å²) in [6.07, 6.45) is 13.7. The molecular formula is C19H36O2. The van der Waals surface area contributed by atoms with E-state index in [1.807, 2.05) is 0 Å². The van der Waals surface area contributed by atoms with Gasteiger partial charge in [0.2, 0.25) is 0 Å². The Morgan fingerprint density at radius 1 is 0.905 bits per heavy atom. The minimum Gasteiger partial charge on any atom is -0.462 e. The summed E-state index contributed by atoms with van der Waals surface area (Å²) in [6.45, 7) is 10.8. The summed E-state index contributed by atoms with van der Waals surface area (Å²) in [6, 6.07) is 0. The lowest BCUT2D eigenvalue weighted by Gasteiger charge is -2.08. The van der Waals surface area contributed by atoms with Gasteiger partial charge in [-0.2, -0.15) is 0 Å². The van der Waals surface area contributed by atoms with E-state index in [0.717, 1.165) is 12.8 Å². The van der Waals surface area contributed by atoms with Gasteiger partial charge in [-0.15, -0.1) is 0 Å². The Kier molecular flexibility index (Phi) is 13.6. The van der Waals surface area contributed by atoms with Crippen LogP contribution in [0.5, 0.6) is 0 Å². The zero-order chi connectivity index (χ0) is 15.9. The highest BCUT2D eigenvalue weighted by atomic mass is 16.5. The normalized spacial score (nSPS) is 10.9. The summed E-state index contributed by atoms with van der Waals surface area (Å²) in [5.41, 5.74) is 0.608. The van der Waals surface area contributed by atoms with Crippen LogP contribution < -0.4 is 0 Å². The summed E-state index contributed by atoms with van der Waals surface area (Å²) in [7, 11) is 0. The lowest BCUT2D eigenvalue weighted by Crippen LogP contribution is -2.10. The molecule has 0 rings (SSSR count). The number of unbranched alkanes of at least 4 members (excludes halogenated alkanes) is 9. The predicted octanol–water partition coefficient (Wildman–Crippen LogP) is 6.05. The molecule has 0 bridgehead atoms. The van der Waals surface area contributed by atoms with Gasteiger partial charge in [0.25, 0.3) is 0 Å². The van der Waals surface area contributed by atoms with E-state index >= 15 is 0 Å². The Morgan fingerprint density at radius 2 is 1.38 bits per heavy atom. The van der Waals surface area contributed by atoms with Gasteiger partial charge in [-0.25, -0.2) is 4.79 Å². The number of carbonyl (C=O) groups excluding carboxylic acids is 1. The minimum absolute atomic E-state index is 0.209. The number of hydrogen-bond donors (Lipinski definition) is 0. The van der Waals surface area contributed by atoms with Crippen LogP contribution in [0.4, 0.5) is 0 Å². The first kappa shape index (κ1) is 20.2. The zero-order valence-corrected chi connectivity index (χ0v) is 14.6. The fourth-order valence-electron chi connectivity index (χ4n) is 2.43. The molecule has 0 aromatic rings. The topological polar surface area (TPSA) is 26.3 Å². The van der Waals surface area contributed by atoms with Crippen molar-refractivity contribution < 1.29 is 9.53 Å². The van der Waals surface area contributed by atoms with Crippen LogP contribution in [0.1, 0.15) is 91.4 Å². The molecule has 124 valence electrons. The molecule has 21 heavy (non-hydrogen) atoms. The van der Waals surface area contributed by atoms with Gasteiger partial charge in [-0.05, 0) is 18.8 Å². The summed E-state index contributed by atoms with van der Waals surface area (Å²) in [5.74, 6) is 0.252. The van der Waals surface area contributed by atoms with Crippen LogP contribution in [0.2, 0.25) is 0 Å². The van der Waals surface area contributed by atoms with Gasteiger partial charge in [-0.3, -0.25) is 0 Å². The lowest BCUT2D eigenvalue weighted by molar-refractivity contribution is -0.139. The molecular weight excluding hydrogens is 260 g/mol. The van der Waals surface area contributed by atoms with E-state index in [1.165, 1.54) is 57.8 Å².